The summed E-state index contributed by atoms with van der Waals surface area (Å²) in [6.45, 7) is 7.41. The summed E-state index contributed by atoms with van der Waals surface area (Å²) in [7, 11) is 0. The van der Waals surface area contributed by atoms with Gasteiger partial charge in [-0.1, -0.05) is 43.3 Å². The highest BCUT2D eigenvalue weighted by molar-refractivity contribution is 5.93. The summed E-state index contributed by atoms with van der Waals surface area (Å²) in [6, 6.07) is 16.5. The van der Waals surface area contributed by atoms with E-state index >= 15 is 0 Å². The summed E-state index contributed by atoms with van der Waals surface area (Å²) in [5.41, 5.74) is 4.60. The lowest BCUT2D eigenvalue weighted by atomic mass is 9.88. The van der Waals surface area contributed by atoms with Gasteiger partial charge in [-0.2, -0.15) is 0 Å². The van der Waals surface area contributed by atoms with Gasteiger partial charge in [0, 0.05) is 26.2 Å². The number of anilines is 2. The standard InChI is InChI=1S/C23H30N4O/c1-2-26-14-16-27(17-15-26)22-13-6-5-11-21(22)25-23(28)24-20-12-7-9-18-8-3-4-10-19(18)20/h3-6,8,10-11,13,20H,2,7,9,12,14-17H2,1H3,(H2,24,25,28)/t20-/m1/s1. The van der Waals surface area contributed by atoms with E-state index in [1.807, 2.05) is 18.2 Å². The number of likely N-dealkylation sites (N-methyl/N-ethyl adjacent to an activating group) is 1. The smallest absolute Gasteiger partial charge is 0.319 e. The van der Waals surface area contributed by atoms with Crippen molar-refractivity contribution < 1.29 is 4.79 Å². The maximum atomic E-state index is 12.8. The molecule has 2 aromatic rings. The summed E-state index contributed by atoms with van der Waals surface area (Å²) < 4.78 is 0. The summed E-state index contributed by atoms with van der Waals surface area (Å²) >= 11 is 0. The topological polar surface area (TPSA) is 47.6 Å². The van der Waals surface area contributed by atoms with Crippen LogP contribution in [-0.2, 0) is 6.42 Å². The lowest BCUT2D eigenvalue weighted by Crippen LogP contribution is -2.46. The summed E-state index contributed by atoms with van der Waals surface area (Å²) in [5.74, 6) is 0. The highest BCUT2D eigenvalue weighted by Gasteiger charge is 2.23. The number of benzene rings is 2. The van der Waals surface area contributed by atoms with Gasteiger partial charge < -0.3 is 20.4 Å². The lowest BCUT2D eigenvalue weighted by Gasteiger charge is -2.36. The number of urea groups is 1. The third-order valence-corrected chi connectivity index (χ3v) is 5.99. The van der Waals surface area contributed by atoms with E-state index in [1.54, 1.807) is 0 Å². The van der Waals surface area contributed by atoms with E-state index in [0.29, 0.717) is 0 Å². The Balaban J connectivity index is 1.43. The maximum Gasteiger partial charge on any atom is 0.319 e. The van der Waals surface area contributed by atoms with Gasteiger partial charge >= 0.3 is 6.03 Å². The van der Waals surface area contributed by atoms with Crippen LogP contribution in [0.5, 0.6) is 0 Å². The van der Waals surface area contributed by atoms with Crippen LogP contribution in [0.25, 0.3) is 0 Å². The van der Waals surface area contributed by atoms with Crippen LogP contribution in [0.2, 0.25) is 0 Å². The monoisotopic (exact) mass is 378 g/mol. The molecule has 5 heteroatoms. The van der Waals surface area contributed by atoms with E-state index in [9.17, 15) is 4.79 Å². The number of para-hydroxylation sites is 2. The highest BCUT2D eigenvalue weighted by atomic mass is 16.2. The number of aryl methyl sites for hydroxylation is 1. The predicted octanol–water partition coefficient (Wildman–Crippen LogP) is 4.03. The van der Waals surface area contributed by atoms with Crippen molar-refractivity contribution >= 4 is 17.4 Å². The zero-order valence-corrected chi connectivity index (χ0v) is 16.7. The molecule has 1 saturated heterocycles. The molecule has 1 heterocycles. The molecule has 1 aliphatic carbocycles. The van der Waals surface area contributed by atoms with Crippen LogP contribution in [0.4, 0.5) is 16.2 Å². The van der Waals surface area contributed by atoms with Gasteiger partial charge in [0.25, 0.3) is 0 Å². The molecule has 2 amide bonds. The fraction of sp³-hybridized carbons (Fsp3) is 0.435. The van der Waals surface area contributed by atoms with Gasteiger partial charge in [-0.15, -0.1) is 0 Å². The van der Waals surface area contributed by atoms with E-state index in [4.69, 9.17) is 0 Å². The Hall–Kier alpha value is -2.53. The van der Waals surface area contributed by atoms with Crippen LogP contribution in [-0.4, -0.2) is 43.7 Å². The van der Waals surface area contributed by atoms with Gasteiger partial charge in [-0.05, 0) is 49.1 Å². The number of carbonyl (C=O) groups is 1. The molecule has 0 unspecified atom stereocenters. The van der Waals surface area contributed by atoms with Crippen molar-refractivity contribution in [2.24, 2.45) is 0 Å². The molecule has 1 atom stereocenters. The molecular formula is C23H30N4O. The van der Waals surface area contributed by atoms with Gasteiger partial charge in [0.1, 0.15) is 0 Å². The first-order valence-corrected chi connectivity index (χ1v) is 10.5. The zero-order chi connectivity index (χ0) is 19.3. The number of piperazine rings is 1. The molecule has 0 bridgehead atoms. The molecular weight excluding hydrogens is 348 g/mol. The number of hydrogen-bond donors (Lipinski definition) is 2. The second kappa shape index (κ2) is 8.65. The molecule has 2 aromatic carbocycles. The number of rotatable bonds is 4. The van der Waals surface area contributed by atoms with Crippen molar-refractivity contribution in [1.82, 2.24) is 10.2 Å². The largest absolute Gasteiger partial charge is 0.367 e. The Kier molecular flexibility index (Phi) is 5.81. The zero-order valence-electron chi connectivity index (χ0n) is 16.7. The number of nitrogens with zero attached hydrogens (tertiary/aromatic N) is 2. The van der Waals surface area contributed by atoms with Crippen molar-refractivity contribution in [2.75, 3.05) is 42.9 Å². The van der Waals surface area contributed by atoms with Crippen LogP contribution < -0.4 is 15.5 Å². The Morgan fingerprint density at radius 2 is 1.79 bits per heavy atom. The summed E-state index contributed by atoms with van der Waals surface area (Å²) in [4.78, 5) is 17.6. The second-order valence-electron chi connectivity index (χ2n) is 7.68. The van der Waals surface area contributed by atoms with Gasteiger partial charge in [0.05, 0.1) is 17.4 Å². The SMILES string of the molecule is CCN1CCN(c2ccccc2NC(=O)N[C@@H]2CCCc3ccccc32)CC1. The molecule has 148 valence electrons. The molecule has 0 radical (unpaired) electrons. The van der Waals surface area contributed by atoms with E-state index in [0.717, 1.165) is 63.4 Å². The van der Waals surface area contributed by atoms with Crippen LogP contribution in [0, 0.1) is 0 Å². The third-order valence-electron chi connectivity index (χ3n) is 5.99. The minimum Gasteiger partial charge on any atom is -0.367 e. The molecule has 0 aromatic heterocycles. The van der Waals surface area contributed by atoms with Crippen LogP contribution in [0.1, 0.15) is 36.9 Å². The van der Waals surface area contributed by atoms with E-state index in [-0.39, 0.29) is 12.1 Å². The molecule has 1 fully saturated rings. The van der Waals surface area contributed by atoms with Crippen LogP contribution in [0.15, 0.2) is 48.5 Å². The first-order chi connectivity index (χ1) is 13.7. The second-order valence-corrected chi connectivity index (χ2v) is 7.68. The average Bonchev–Trinajstić information content (AvgIpc) is 2.74. The van der Waals surface area contributed by atoms with Crippen molar-refractivity contribution in [1.29, 1.82) is 0 Å². The first kappa shape index (κ1) is 18.8. The lowest BCUT2D eigenvalue weighted by molar-refractivity contribution is 0.247. The quantitative estimate of drug-likeness (QED) is 0.845. The molecule has 1 aliphatic heterocycles. The fourth-order valence-electron chi connectivity index (χ4n) is 4.38. The number of hydrogen-bond acceptors (Lipinski definition) is 3. The Morgan fingerprint density at radius 1 is 1.04 bits per heavy atom. The summed E-state index contributed by atoms with van der Waals surface area (Å²) in [6.07, 6.45) is 3.20. The Bertz CT molecular complexity index is 814. The van der Waals surface area contributed by atoms with Crippen LogP contribution in [0.3, 0.4) is 0 Å². The number of nitrogens with one attached hydrogen (secondary N) is 2. The number of amides is 2. The Labute approximate surface area is 167 Å². The molecule has 0 saturated carbocycles. The fourth-order valence-corrected chi connectivity index (χ4v) is 4.38. The number of fused-ring (bicyclic) bond motifs is 1. The number of carbonyl (C=O) groups excluding carboxylic acids is 1. The highest BCUT2D eigenvalue weighted by Crippen LogP contribution is 2.30. The molecule has 0 spiro atoms. The normalized spacial score (nSPS) is 19.8. The molecule has 4 rings (SSSR count). The molecule has 2 N–H and O–H groups in total. The molecule has 28 heavy (non-hydrogen) atoms. The van der Waals surface area contributed by atoms with Gasteiger partial charge in [0.2, 0.25) is 0 Å². The minimum atomic E-state index is -0.124. The average molecular weight is 379 g/mol. The van der Waals surface area contributed by atoms with Crippen molar-refractivity contribution in [3.8, 4) is 0 Å². The third kappa shape index (κ3) is 4.14. The molecule has 5 nitrogen and oxygen atoms in total. The van der Waals surface area contributed by atoms with Gasteiger partial charge in [-0.3, -0.25) is 0 Å². The maximum absolute atomic E-state index is 12.8. The predicted molar refractivity (Wildman–Crippen MR) is 115 cm³/mol. The first-order valence-electron chi connectivity index (χ1n) is 10.5. The minimum absolute atomic E-state index is 0.0882. The summed E-state index contributed by atoms with van der Waals surface area (Å²) in [5, 5.41) is 6.30. The molecule has 2 aliphatic rings. The van der Waals surface area contributed by atoms with Crippen LogP contribution >= 0.6 is 0 Å². The Morgan fingerprint density at radius 3 is 2.61 bits per heavy atom. The van der Waals surface area contributed by atoms with Crippen molar-refractivity contribution in [3.05, 3.63) is 59.7 Å². The van der Waals surface area contributed by atoms with E-state index in [1.165, 1.54) is 11.1 Å². The van der Waals surface area contributed by atoms with Gasteiger partial charge in [0.15, 0.2) is 0 Å². The van der Waals surface area contributed by atoms with E-state index in [2.05, 4.69) is 57.7 Å². The van der Waals surface area contributed by atoms with Crippen molar-refractivity contribution in [3.63, 3.8) is 0 Å². The van der Waals surface area contributed by atoms with E-state index < -0.39 is 0 Å². The van der Waals surface area contributed by atoms with Crippen molar-refractivity contribution in [2.45, 2.75) is 32.2 Å². The van der Waals surface area contributed by atoms with Gasteiger partial charge in [-0.25, -0.2) is 4.79 Å².